The molecule has 3 rings (SSSR count). The second kappa shape index (κ2) is 9.03. The zero-order chi connectivity index (χ0) is 23.9. The van der Waals surface area contributed by atoms with E-state index in [0.717, 1.165) is 25.0 Å². The standard InChI is InChI=1S/C26H44O5Si/c1-18(16-31-32(8,9)24(2,3)4)26(27)23(30-17-28-6)15-22-21-11-10-20(29-7)14-19(21)12-13-25(22,26)5/h10-11,14,18,22-23,27H,12-13,15-17H2,1-9H3/t18-,22+,23+,25+,26-/m1/s1. The van der Waals surface area contributed by atoms with Crippen molar-refractivity contribution >= 4 is 8.32 Å². The van der Waals surface area contributed by atoms with Gasteiger partial charge >= 0.3 is 0 Å². The van der Waals surface area contributed by atoms with Gasteiger partial charge in [0.1, 0.15) is 18.1 Å². The zero-order valence-corrected chi connectivity index (χ0v) is 22.6. The van der Waals surface area contributed by atoms with Gasteiger partial charge in [0.05, 0.1) is 13.2 Å². The van der Waals surface area contributed by atoms with Crippen LogP contribution in [0.3, 0.4) is 0 Å². The van der Waals surface area contributed by atoms with Gasteiger partial charge in [-0.25, -0.2) is 0 Å². The predicted molar refractivity (Wildman–Crippen MR) is 131 cm³/mol. The van der Waals surface area contributed by atoms with Crippen LogP contribution in [0.1, 0.15) is 64.5 Å². The van der Waals surface area contributed by atoms with Gasteiger partial charge in [0.25, 0.3) is 0 Å². The van der Waals surface area contributed by atoms with Crippen molar-refractivity contribution in [2.75, 3.05) is 27.6 Å². The molecule has 2 aliphatic carbocycles. The fourth-order valence-corrected chi connectivity index (χ4v) is 6.81. The first-order chi connectivity index (χ1) is 14.8. The molecule has 182 valence electrons. The molecule has 1 N–H and O–H groups in total. The minimum atomic E-state index is -1.93. The molecule has 0 amide bonds. The van der Waals surface area contributed by atoms with Gasteiger partial charge in [-0.05, 0) is 66.6 Å². The largest absolute Gasteiger partial charge is 0.497 e. The number of rotatable bonds is 8. The van der Waals surface area contributed by atoms with E-state index in [1.807, 2.05) is 6.07 Å². The quantitative estimate of drug-likeness (QED) is 0.406. The Morgan fingerprint density at radius 2 is 1.91 bits per heavy atom. The van der Waals surface area contributed by atoms with Crippen LogP contribution in [0.5, 0.6) is 5.75 Å². The highest BCUT2D eigenvalue weighted by Crippen LogP contribution is 2.63. The minimum absolute atomic E-state index is 0.0618. The topological polar surface area (TPSA) is 57.2 Å². The van der Waals surface area contributed by atoms with Gasteiger partial charge in [0.2, 0.25) is 0 Å². The van der Waals surface area contributed by atoms with Crippen LogP contribution in [0.25, 0.3) is 0 Å². The fraction of sp³-hybridized carbons (Fsp3) is 0.769. The average Bonchev–Trinajstić information content (AvgIpc) is 2.97. The molecule has 0 radical (unpaired) electrons. The summed E-state index contributed by atoms with van der Waals surface area (Å²) >= 11 is 0. The lowest BCUT2D eigenvalue weighted by atomic mass is 9.58. The van der Waals surface area contributed by atoms with E-state index < -0.39 is 13.9 Å². The highest BCUT2D eigenvalue weighted by Gasteiger charge is 2.66. The van der Waals surface area contributed by atoms with E-state index >= 15 is 0 Å². The van der Waals surface area contributed by atoms with Crippen LogP contribution in [0.4, 0.5) is 0 Å². The SMILES string of the molecule is COCO[C@H]1C[C@H]2c3ccc(OC)cc3CC[C@]2(C)[C@@]1(O)[C@H](C)CO[Si](C)(C)C(C)(C)C. The van der Waals surface area contributed by atoms with Crippen LogP contribution < -0.4 is 4.74 Å². The van der Waals surface area contributed by atoms with Gasteiger partial charge in [-0.2, -0.15) is 0 Å². The van der Waals surface area contributed by atoms with E-state index in [2.05, 4.69) is 59.8 Å². The highest BCUT2D eigenvalue weighted by molar-refractivity contribution is 6.74. The number of hydrogen-bond donors (Lipinski definition) is 1. The number of fused-ring (bicyclic) bond motifs is 3. The lowest BCUT2D eigenvalue weighted by Gasteiger charge is -2.51. The molecule has 6 heteroatoms. The van der Waals surface area contributed by atoms with Gasteiger partial charge in [-0.1, -0.05) is 40.7 Å². The summed E-state index contributed by atoms with van der Waals surface area (Å²) in [6.45, 7) is 16.4. The van der Waals surface area contributed by atoms with E-state index in [-0.39, 0.29) is 35.2 Å². The Morgan fingerprint density at radius 3 is 2.50 bits per heavy atom. The molecule has 1 saturated carbocycles. The summed E-state index contributed by atoms with van der Waals surface area (Å²) in [6, 6.07) is 6.38. The van der Waals surface area contributed by atoms with Crippen molar-refractivity contribution in [3.8, 4) is 5.75 Å². The molecule has 0 spiro atoms. The van der Waals surface area contributed by atoms with Gasteiger partial charge in [0.15, 0.2) is 8.32 Å². The van der Waals surface area contributed by atoms with Crippen LogP contribution in [0, 0.1) is 11.3 Å². The summed E-state index contributed by atoms with van der Waals surface area (Å²) in [5.74, 6) is 1.05. The molecule has 1 aromatic rings. The van der Waals surface area contributed by atoms with Crippen molar-refractivity contribution in [3.63, 3.8) is 0 Å². The van der Waals surface area contributed by atoms with Gasteiger partial charge in [-0.15, -0.1) is 0 Å². The molecular weight excluding hydrogens is 420 g/mol. The lowest BCUT2D eigenvalue weighted by Crippen LogP contribution is -2.58. The molecule has 0 aromatic heterocycles. The Hall–Kier alpha value is -0.923. The van der Waals surface area contributed by atoms with E-state index in [1.165, 1.54) is 11.1 Å². The number of methoxy groups -OCH3 is 2. The third-order valence-corrected chi connectivity index (χ3v) is 13.4. The molecule has 5 atom stereocenters. The average molecular weight is 465 g/mol. The Morgan fingerprint density at radius 1 is 1.22 bits per heavy atom. The fourth-order valence-electron chi connectivity index (χ4n) is 5.71. The molecule has 5 nitrogen and oxygen atoms in total. The molecule has 0 unspecified atom stereocenters. The highest BCUT2D eigenvalue weighted by atomic mass is 28.4. The second-order valence-electron chi connectivity index (χ2n) is 11.6. The molecule has 1 fully saturated rings. The van der Waals surface area contributed by atoms with Crippen molar-refractivity contribution < 1.29 is 23.7 Å². The van der Waals surface area contributed by atoms with E-state index in [9.17, 15) is 5.11 Å². The number of aliphatic hydroxyl groups is 1. The lowest BCUT2D eigenvalue weighted by molar-refractivity contribution is -0.201. The molecule has 0 heterocycles. The summed E-state index contributed by atoms with van der Waals surface area (Å²) in [7, 11) is 1.42. The van der Waals surface area contributed by atoms with Crippen molar-refractivity contribution in [2.45, 2.75) is 89.6 Å². The summed E-state index contributed by atoms with van der Waals surface area (Å²) in [4.78, 5) is 0. The van der Waals surface area contributed by atoms with E-state index in [0.29, 0.717) is 6.61 Å². The first-order valence-corrected chi connectivity index (χ1v) is 14.9. The summed E-state index contributed by atoms with van der Waals surface area (Å²) in [6.07, 6.45) is 2.31. The smallest absolute Gasteiger partial charge is 0.191 e. The van der Waals surface area contributed by atoms with Crippen molar-refractivity contribution in [2.24, 2.45) is 11.3 Å². The number of ether oxygens (including phenoxy) is 3. The Bertz CT molecular complexity index is 804. The summed E-state index contributed by atoms with van der Waals surface area (Å²) in [5, 5.41) is 12.6. The monoisotopic (exact) mass is 464 g/mol. The molecule has 2 aliphatic rings. The molecular formula is C26H44O5Si. The zero-order valence-electron chi connectivity index (χ0n) is 21.6. The minimum Gasteiger partial charge on any atom is -0.497 e. The van der Waals surface area contributed by atoms with E-state index in [1.54, 1.807) is 14.2 Å². The first kappa shape index (κ1) is 25.7. The van der Waals surface area contributed by atoms with Crippen LogP contribution in [0.15, 0.2) is 18.2 Å². The van der Waals surface area contributed by atoms with Crippen LogP contribution in [-0.2, 0) is 20.3 Å². The van der Waals surface area contributed by atoms with Crippen LogP contribution in [-0.4, -0.2) is 52.7 Å². The van der Waals surface area contributed by atoms with Crippen LogP contribution in [0.2, 0.25) is 18.1 Å². The van der Waals surface area contributed by atoms with Gasteiger partial charge < -0.3 is 23.7 Å². The number of aryl methyl sites for hydroxylation is 1. The van der Waals surface area contributed by atoms with Crippen molar-refractivity contribution in [1.29, 1.82) is 0 Å². The Kier molecular flexibility index (Phi) is 7.25. The third-order valence-electron chi connectivity index (χ3n) is 8.90. The maximum Gasteiger partial charge on any atom is 0.191 e. The van der Waals surface area contributed by atoms with Gasteiger partial charge in [0, 0.05) is 25.0 Å². The van der Waals surface area contributed by atoms with Crippen molar-refractivity contribution in [1.82, 2.24) is 0 Å². The maximum atomic E-state index is 12.5. The third kappa shape index (κ3) is 4.18. The normalized spacial score (nSPS) is 31.2. The molecule has 0 aliphatic heterocycles. The van der Waals surface area contributed by atoms with Crippen LogP contribution >= 0.6 is 0 Å². The maximum absolute atomic E-state index is 12.5. The molecule has 1 aromatic carbocycles. The van der Waals surface area contributed by atoms with E-state index in [4.69, 9.17) is 18.6 Å². The molecule has 0 bridgehead atoms. The Labute approximate surface area is 195 Å². The predicted octanol–water partition coefficient (Wildman–Crippen LogP) is 5.51. The molecule has 32 heavy (non-hydrogen) atoms. The van der Waals surface area contributed by atoms with Gasteiger partial charge in [-0.3, -0.25) is 0 Å². The number of benzene rings is 1. The summed E-state index contributed by atoms with van der Waals surface area (Å²) < 4.78 is 23.5. The number of hydrogen-bond acceptors (Lipinski definition) is 5. The summed E-state index contributed by atoms with van der Waals surface area (Å²) in [5.41, 5.74) is 1.34. The molecule has 0 saturated heterocycles. The Balaban J connectivity index is 1.94. The second-order valence-corrected chi connectivity index (χ2v) is 16.4. The van der Waals surface area contributed by atoms with Crippen molar-refractivity contribution in [3.05, 3.63) is 29.3 Å². The first-order valence-electron chi connectivity index (χ1n) is 12.0.